The zero-order chi connectivity index (χ0) is 9.80. The molecule has 70 valence electrons. The highest BCUT2D eigenvalue weighted by Crippen LogP contribution is 2.18. The van der Waals surface area contributed by atoms with Crippen molar-refractivity contribution < 1.29 is 0 Å². The van der Waals surface area contributed by atoms with Gasteiger partial charge >= 0.3 is 0 Å². The smallest absolute Gasteiger partial charge is 0.0395 e. The molecule has 0 atom stereocenters. The predicted octanol–water partition coefficient (Wildman–Crippen LogP) is 3.72. The molecule has 0 saturated carbocycles. The molecule has 0 unspecified atom stereocenters. The van der Waals surface area contributed by atoms with Gasteiger partial charge in [0, 0.05) is 16.3 Å². The van der Waals surface area contributed by atoms with Gasteiger partial charge in [-0.1, -0.05) is 24.3 Å². The first kappa shape index (κ1) is 9.16. The van der Waals surface area contributed by atoms with E-state index >= 15 is 0 Å². The summed E-state index contributed by atoms with van der Waals surface area (Å²) in [6.45, 7) is 0. The van der Waals surface area contributed by atoms with Gasteiger partial charge in [0.1, 0.15) is 0 Å². The maximum Gasteiger partial charge on any atom is 0.0395 e. The molecular formula is C12H11NS. The van der Waals surface area contributed by atoms with Crippen LogP contribution in [-0.2, 0) is 0 Å². The Morgan fingerprint density at radius 1 is 0.786 bits per heavy atom. The van der Waals surface area contributed by atoms with E-state index in [2.05, 4.69) is 17.9 Å². The van der Waals surface area contributed by atoms with Gasteiger partial charge in [0.15, 0.2) is 0 Å². The third kappa shape index (κ3) is 2.30. The van der Waals surface area contributed by atoms with Crippen molar-refractivity contribution >= 4 is 24.0 Å². The van der Waals surface area contributed by atoms with Gasteiger partial charge in [-0.2, -0.15) is 0 Å². The van der Waals surface area contributed by atoms with Gasteiger partial charge in [-0.05, 0) is 30.3 Å². The third-order valence-corrected chi connectivity index (χ3v) is 2.19. The van der Waals surface area contributed by atoms with Crippen LogP contribution >= 0.6 is 12.6 Å². The average molecular weight is 201 g/mol. The minimum Gasteiger partial charge on any atom is -0.355 e. The maximum absolute atomic E-state index is 4.28. The van der Waals surface area contributed by atoms with Crippen molar-refractivity contribution in [2.45, 2.75) is 4.90 Å². The van der Waals surface area contributed by atoms with E-state index in [0.717, 1.165) is 16.3 Å². The fraction of sp³-hybridized carbons (Fsp3) is 0. The molecule has 0 aromatic heterocycles. The third-order valence-electron chi connectivity index (χ3n) is 1.91. The van der Waals surface area contributed by atoms with Gasteiger partial charge in [0.2, 0.25) is 0 Å². The second kappa shape index (κ2) is 4.20. The van der Waals surface area contributed by atoms with E-state index < -0.39 is 0 Å². The second-order valence-electron chi connectivity index (χ2n) is 3.04. The highest BCUT2D eigenvalue weighted by molar-refractivity contribution is 7.80. The molecule has 2 aromatic carbocycles. The zero-order valence-corrected chi connectivity index (χ0v) is 8.54. The summed E-state index contributed by atoms with van der Waals surface area (Å²) >= 11 is 4.28. The van der Waals surface area contributed by atoms with Crippen LogP contribution in [0.3, 0.4) is 0 Å². The van der Waals surface area contributed by atoms with Gasteiger partial charge in [-0.25, -0.2) is 0 Å². The molecule has 0 heterocycles. The van der Waals surface area contributed by atoms with E-state index in [1.54, 1.807) is 0 Å². The van der Waals surface area contributed by atoms with Crippen molar-refractivity contribution in [3.05, 3.63) is 54.6 Å². The number of anilines is 2. The lowest BCUT2D eigenvalue weighted by Gasteiger charge is -2.05. The van der Waals surface area contributed by atoms with Crippen molar-refractivity contribution in [1.82, 2.24) is 0 Å². The number of rotatable bonds is 2. The van der Waals surface area contributed by atoms with Crippen molar-refractivity contribution in [1.29, 1.82) is 0 Å². The van der Waals surface area contributed by atoms with Crippen LogP contribution in [0.5, 0.6) is 0 Å². The molecule has 0 radical (unpaired) electrons. The van der Waals surface area contributed by atoms with Crippen LogP contribution in [0.4, 0.5) is 11.4 Å². The summed E-state index contributed by atoms with van der Waals surface area (Å²) in [6.07, 6.45) is 0. The van der Waals surface area contributed by atoms with Gasteiger partial charge in [-0.15, -0.1) is 12.6 Å². The van der Waals surface area contributed by atoms with Crippen LogP contribution in [0, 0.1) is 0 Å². The highest BCUT2D eigenvalue weighted by Gasteiger charge is 1.93. The SMILES string of the molecule is Sc1cccc(Nc2ccccc2)c1. The molecule has 2 rings (SSSR count). The lowest BCUT2D eigenvalue weighted by Crippen LogP contribution is -1.88. The number of benzene rings is 2. The Kier molecular flexibility index (Phi) is 2.75. The fourth-order valence-corrected chi connectivity index (χ4v) is 1.50. The first-order valence-electron chi connectivity index (χ1n) is 4.46. The van der Waals surface area contributed by atoms with Gasteiger partial charge in [0.05, 0.1) is 0 Å². The summed E-state index contributed by atoms with van der Waals surface area (Å²) in [5.74, 6) is 0. The topological polar surface area (TPSA) is 12.0 Å². The monoisotopic (exact) mass is 201 g/mol. The predicted molar refractivity (Wildman–Crippen MR) is 63.4 cm³/mol. The summed E-state index contributed by atoms with van der Waals surface area (Å²) in [5, 5.41) is 3.30. The average Bonchev–Trinajstić information content (AvgIpc) is 2.19. The molecule has 0 bridgehead atoms. The molecule has 0 aliphatic carbocycles. The fourth-order valence-electron chi connectivity index (χ4n) is 1.27. The minimum atomic E-state index is 0.964. The summed E-state index contributed by atoms with van der Waals surface area (Å²) in [6, 6.07) is 18.0. The second-order valence-corrected chi connectivity index (χ2v) is 3.56. The summed E-state index contributed by atoms with van der Waals surface area (Å²) < 4.78 is 0. The first-order valence-corrected chi connectivity index (χ1v) is 4.90. The highest BCUT2D eigenvalue weighted by atomic mass is 32.1. The van der Waals surface area contributed by atoms with Crippen LogP contribution < -0.4 is 5.32 Å². The Labute approximate surface area is 89.2 Å². The van der Waals surface area contributed by atoms with E-state index in [4.69, 9.17) is 0 Å². The lowest BCUT2D eigenvalue weighted by molar-refractivity contribution is 1.44. The summed E-state index contributed by atoms with van der Waals surface area (Å²) in [5.41, 5.74) is 2.15. The van der Waals surface area contributed by atoms with E-state index in [-0.39, 0.29) is 0 Å². The van der Waals surface area contributed by atoms with E-state index in [1.165, 1.54) is 0 Å². The minimum absolute atomic E-state index is 0.964. The number of hydrogen-bond donors (Lipinski definition) is 2. The normalized spacial score (nSPS) is 9.79. The molecule has 0 spiro atoms. The van der Waals surface area contributed by atoms with Crippen molar-refractivity contribution in [2.75, 3.05) is 5.32 Å². The largest absolute Gasteiger partial charge is 0.355 e. The van der Waals surface area contributed by atoms with Crippen LogP contribution in [0.25, 0.3) is 0 Å². The van der Waals surface area contributed by atoms with Crippen LogP contribution in [-0.4, -0.2) is 0 Å². The van der Waals surface area contributed by atoms with E-state index in [1.807, 2.05) is 54.6 Å². The van der Waals surface area contributed by atoms with Gasteiger partial charge in [0.25, 0.3) is 0 Å². The van der Waals surface area contributed by atoms with E-state index in [0.29, 0.717) is 0 Å². The molecule has 0 amide bonds. The Hall–Kier alpha value is -1.41. The number of para-hydroxylation sites is 1. The lowest BCUT2D eigenvalue weighted by atomic mass is 10.3. The Bertz CT molecular complexity index is 412. The first-order chi connectivity index (χ1) is 6.84. The van der Waals surface area contributed by atoms with Crippen molar-refractivity contribution in [3.8, 4) is 0 Å². The number of hydrogen-bond acceptors (Lipinski definition) is 2. The molecule has 0 aliphatic rings. The molecule has 14 heavy (non-hydrogen) atoms. The quantitative estimate of drug-likeness (QED) is 0.706. The Morgan fingerprint density at radius 3 is 2.21 bits per heavy atom. The number of thiol groups is 1. The van der Waals surface area contributed by atoms with Crippen molar-refractivity contribution in [3.63, 3.8) is 0 Å². The van der Waals surface area contributed by atoms with Crippen LogP contribution in [0.2, 0.25) is 0 Å². The molecular weight excluding hydrogens is 190 g/mol. The standard InChI is InChI=1S/C12H11NS/c14-12-8-4-7-11(9-12)13-10-5-2-1-3-6-10/h1-9,13-14H. The maximum atomic E-state index is 4.28. The summed E-state index contributed by atoms with van der Waals surface area (Å²) in [4.78, 5) is 0.964. The molecule has 2 aromatic rings. The Morgan fingerprint density at radius 2 is 1.50 bits per heavy atom. The van der Waals surface area contributed by atoms with Crippen LogP contribution in [0.15, 0.2) is 59.5 Å². The zero-order valence-electron chi connectivity index (χ0n) is 7.64. The van der Waals surface area contributed by atoms with Crippen molar-refractivity contribution in [2.24, 2.45) is 0 Å². The van der Waals surface area contributed by atoms with Crippen LogP contribution in [0.1, 0.15) is 0 Å². The summed E-state index contributed by atoms with van der Waals surface area (Å²) in [7, 11) is 0. The van der Waals surface area contributed by atoms with Gasteiger partial charge < -0.3 is 5.32 Å². The van der Waals surface area contributed by atoms with E-state index in [9.17, 15) is 0 Å². The Balaban J connectivity index is 2.19. The van der Waals surface area contributed by atoms with Gasteiger partial charge in [-0.3, -0.25) is 0 Å². The molecule has 2 heteroatoms. The molecule has 0 saturated heterocycles. The molecule has 1 N–H and O–H groups in total. The molecule has 0 aliphatic heterocycles. The number of nitrogens with one attached hydrogen (secondary N) is 1. The molecule has 1 nitrogen and oxygen atoms in total. The molecule has 0 fully saturated rings.